The van der Waals surface area contributed by atoms with E-state index >= 15 is 0 Å². The Morgan fingerprint density at radius 2 is 1.71 bits per heavy atom. The van der Waals surface area contributed by atoms with Crippen molar-refractivity contribution in [1.29, 1.82) is 0 Å². The van der Waals surface area contributed by atoms with Crippen molar-refractivity contribution in [3.05, 3.63) is 35.4 Å². The fourth-order valence-electron chi connectivity index (χ4n) is 1.64. The number of aliphatic hydroxyl groups is 1. The molecule has 0 aliphatic rings. The zero-order valence-electron chi connectivity index (χ0n) is 9.70. The minimum atomic E-state index is -4.45. The fourth-order valence-corrected chi connectivity index (χ4v) is 1.64. The number of hydrogen-bond acceptors (Lipinski definition) is 2. The highest BCUT2D eigenvalue weighted by Crippen LogP contribution is 2.35. The third kappa shape index (κ3) is 3.20. The van der Waals surface area contributed by atoms with Crippen molar-refractivity contribution < 1.29 is 18.3 Å². The molecule has 0 spiro atoms. The van der Waals surface area contributed by atoms with Crippen LogP contribution in [0.1, 0.15) is 31.0 Å². The highest BCUT2D eigenvalue weighted by atomic mass is 19.4. The van der Waals surface area contributed by atoms with Crippen LogP contribution >= 0.6 is 0 Å². The summed E-state index contributed by atoms with van der Waals surface area (Å²) in [6.07, 6.45) is -5.45. The molecule has 1 aromatic carbocycles. The van der Waals surface area contributed by atoms with Crippen molar-refractivity contribution in [3.63, 3.8) is 0 Å². The van der Waals surface area contributed by atoms with E-state index in [0.29, 0.717) is 0 Å². The molecule has 0 aliphatic heterocycles. The first-order valence-electron chi connectivity index (χ1n) is 5.35. The zero-order valence-corrected chi connectivity index (χ0v) is 9.70. The molecule has 0 amide bonds. The molecule has 0 bridgehead atoms. The Morgan fingerprint density at radius 3 is 2.18 bits per heavy atom. The summed E-state index contributed by atoms with van der Waals surface area (Å²) in [5.41, 5.74) is 4.83. The topological polar surface area (TPSA) is 46.2 Å². The van der Waals surface area contributed by atoms with E-state index in [1.807, 2.05) is 0 Å². The van der Waals surface area contributed by atoms with Gasteiger partial charge in [0, 0.05) is 0 Å². The van der Waals surface area contributed by atoms with E-state index in [2.05, 4.69) is 0 Å². The van der Waals surface area contributed by atoms with Crippen LogP contribution in [0.25, 0.3) is 0 Å². The maximum Gasteiger partial charge on any atom is 0.416 e. The zero-order chi connectivity index (χ0) is 13.2. The van der Waals surface area contributed by atoms with Crippen molar-refractivity contribution >= 4 is 0 Å². The van der Waals surface area contributed by atoms with Crippen LogP contribution in [0.3, 0.4) is 0 Å². The third-order valence-electron chi connectivity index (χ3n) is 2.68. The fraction of sp³-hybridized carbons (Fsp3) is 0.500. The molecule has 3 N–H and O–H groups in total. The Labute approximate surface area is 98.3 Å². The molecule has 1 aromatic rings. The lowest BCUT2D eigenvalue weighted by Gasteiger charge is -2.25. The first-order chi connectivity index (χ1) is 7.75. The summed E-state index contributed by atoms with van der Waals surface area (Å²) in [5, 5.41) is 9.75. The molecule has 0 saturated heterocycles. The van der Waals surface area contributed by atoms with Gasteiger partial charge in [-0.2, -0.15) is 13.2 Å². The summed E-state index contributed by atoms with van der Waals surface area (Å²) in [4.78, 5) is 0. The van der Waals surface area contributed by atoms with Gasteiger partial charge in [-0.25, -0.2) is 0 Å². The monoisotopic (exact) mass is 247 g/mol. The predicted octanol–water partition coefficient (Wildman–Crippen LogP) is 2.72. The van der Waals surface area contributed by atoms with E-state index in [1.54, 1.807) is 13.8 Å². The quantitative estimate of drug-likeness (QED) is 0.862. The maximum atomic E-state index is 12.7. The molecule has 0 aliphatic carbocycles. The molecular formula is C12H16F3NO. The van der Waals surface area contributed by atoms with Crippen LogP contribution in [0.15, 0.2) is 24.3 Å². The largest absolute Gasteiger partial charge is 0.416 e. The minimum Gasteiger partial charge on any atom is -0.391 e. The van der Waals surface area contributed by atoms with Gasteiger partial charge in [-0.1, -0.05) is 32.0 Å². The van der Waals surface area contributed by atoms with Gasteiger partial charge in [-0.15, -0.1) is 0 Å². The average Bonchev–Trinajstić information content (AvgIpc) is 2.25. The molecular weight excluding hydrogens is 231 g/mol. The average molecular weight is 247 g/mol. The second-order valence-electron chi connectivity index (χ2n) is 4.35. The summed E-state index contributed by atoms with van der Waals surface area (Å²) in [6, 6.07) is 4.03. The molecule has 0 unspecified atom stereocenters. The highest BCUT2D eigenvalue weighted by Gasteiger charge is 2.35. The lowest BCUT2D eigenvalue weighted by atomic mass is 9.91. The van der Waals surface area contributed by atoms with Crippen molar-refractivity contribution in [2.45, 2.75) is 32.2 Å². The first-order valence-corrected chi connectivity index (χ1v) is 5.35. The number of hydrogen-bond donors (Lipinski definition) is 2. The summed E-state index contributed by atoms with van der Waals surface area (Å²) in [5.74, 6) is -0.203. The van der Waals surface area contributed by atoms with Gasteiger partial charge in [0.25, 0.3) is 0 Å². The van der Waals surface area contributed by atoms with Crippen LogP contribution in [-0.4, -0.2) is 11.2 Å². The molecule has 0 radical (unpaired) electrons. The van der Waals surface area contributed by atoms with Gasteiger partial charge in [0.1, 0.15) is 0 Å². The van der Waals surface area contributed by atoms with E-state index in [0.717, 1.165) is 6.07 Å². The Hall–Kier alpha value is -1.07. The second kappa shape index (κ2) is 5.06. The van der Waals surface area contributed by atoms with E-state index in [-0.39, 0.29) is 11.5 Å². The minimum absolute atomic E-state index is 0.0683. The molecule has 0 aromatic heterocycles. The smallest absolute Gasteiger partial charge is 0.391 e. The summed E-state index contributed by atoms with van der Waals surface area (Å²) in [6.45, 7) is 3.42. The molecule has 17 heavy (non-hydrogen) atoms. The second-order valence-corrected chi connectivity index (χ2v) is 4.35. The van der Waals surface area contributed by atoms with Crippen LogP contribution in [0, 0.1) is 5.92 Å². The van der Waals surface area contributed by atoms with Crippen LogP contribution < -0.4 is 5.73 Å². The molecule has 96 valence electrons. The van der Waals surface area contributed by atoms with Gasteiger partial charge < -0.3 is 10.8 Å². The maximum absolute atomic E-state index is 12.7. The Balaban J connectivity index is 3.14. The normalized spacial score (nSPS) is 16.0. The van der Waals surface area contributed by atoms with Crippen LogP contribution in [-0.2, 0) is 6.18 Å². The summed E-state index contributed by atoms with van der Waals surface area (Å²) >= 11 is 0. The van der Waals surface area contributed by atoms with Gasteiger partial charge in [0.15, 0.2) is 0 Å². The Kier molecular flexibility index (Phi) is 4.16. The SMILES string of the molecule is CC(C)[C@@H](O)[C@@H](N)c1ccccc1C(F)(F)F. The van der Waals surface area contributed by atoms with Crippen molar-refractivity contribution in [1.82, 2.24) is 0 Å². The number of aliphatic hydroxyl groups excluding tert-OH is 1. The molecule has 5 heteroatoms. The Bertz CT molecular complexity index is 376. The number of benzene rings is 1. The summed E-state index contributed by atoms with van der Waals surface area (Å²) < 4.78 is 38.2. The van der Waals surface area contributed by atoms with Gasteiger partial charge in [-0.05, 0) is 17.5 Å². The first kappa shape index (κ1) is 14.0. The van der Waals surface area contributed by atoms with E-state index in [4.69, 9.17) is 5.73 Å². The standard InChI is InChI=1S/C12H16F3NO/c1-7(2)11(17)10(16)8-5-3-4-6-9(8)12(13,14)15/h3-7,10-11,17H,16H2,1-2H3/t10-,11+/m0/s1. The van der Waals surface area contributed by atoms with Crippen LogP contribution in [0.4, 0.5) is 13.2 Å². The van der Waals surface area contributed by atoms with Gasteiger partial charge in [-0.3, -0.25) is 0 Å². The molecule has 0 fully saturated rings. The van der Waals surface area contributed by atoms with Gasteiger partial charge in [0.05, 0.1) is 17.7 Å². The molecule has 1 rings (SSSR count). The van der Waals surface area contributed by atoms with E-state index in [9.17, 15) is 18.3 Å². The molecule has 2 atom stereocenters. The van der Waals surface area contributed by atoms with E-state index in [1.165, 1.54) is 18.2 Å². The summed E-state index contributed by atoms with van der Waals surface area (Å²) in [7, 11) is 0. The number of halogens is 3. The predicted molar refractivity (Wildman–Crippen MR) is 59.2 cm³/mol. The van der Waals surface area contributed by atoms with Crippen molar-refractivity contribution in [3.8, 4) is 0 Å². The lowest BCUT2D eigenvalue weighted by Crippen LogP contribution is -2.32. The Morgan fingerprint density at radius 1 is 1.18 bits per heavy atom. The molecule has 0 heterocycles. The number of alkyl halides is 3. The van der Waals surface area contributed by atoms with Crippen LogP contribution in [0.2, 0.25) is 0 Å². The third-order valence-corrected chi connectivity index (χ3v) is 2.68. The lowest BCUT2D eigenvalue weighted by molar-refractivity contribution is -0.138. The molecule has 0 saturated carbocycles. The van der Waals surface area contributed by atoms with Gasteiger partial charge in [0.2, 0.25) is 0 Å². The van der Waals surface area contributed by atoms with E-state index < -0.39 is 23.9 Å². The van der Waals surface area contributed by atoms with Crippen molar-refractivity contribution in [2.75, 3.05) is 0 Å². The van der Waals surface area contributed by atoms with Crippen LogP contribution in [0.5, 0.6) is 0 Å². The molecule has 2 nitrogen and oxygen atoms in total. The number of nitrogens with two attached hydrogens (primary N) is 1. The number of rotatable bonds is 3. The highest BCUT2D eigenvalue weighted by molar-refractivity contribution is 5.32. The van der Waals surface area contributed by atoms with Gasteiger partial charge >= 0.3 is 6.18 Å². The van der Waals surface area contributed by atoms with Crippen molar-refractivity contribution in [2.24, 2.45) is 11.7 Å².